The molecule has 1 rings (SSSR count). The van der Waals surface area contributed by atoms with Crippen molar-refractivity contribution in [2.45, 2.75) is 25.9 Å². The van der Waals surface area contributed by atoms with Gasteiger partial charge in [0.25, 0.3) is 0 Å². The van der Waals surface area contributed by atoms with E-state index < -0.39 is 23.3 Å². The largest absolute Gasteiger partial charge is 0.493 e. The average Bonchev–Trinajstić information content (AvgIpc) is 2.28. The van der Waals surface area contributed by atoms with Crippen LogP contribution in [0.3, 0.4) is 0 Å². The number of benzene rings is 1. The van der Waals surface area contributed by atoms with E-state index in [-0.39, 0.29) is 12.4 Å². The molecule has 0 aliphatic heterocycles. The molecule has 0 spiro atoms. The summed E-state index contributed by atoms with van der Waals surface area (Å²) < 4.78 is 43.2. The zero-order valence-corrected chi connectivity index (χ0v) is 9.75. The molecule has 0 fully saturated rings. The fourth-order valence-electron chi connectivity index (χ4n) is 1.34. The van der Waals surface area contributed by atoms with Gasteiger partial charge in [-0.25, -0.2) is 4.79 Å². The quantitative estimate of drug-likeness (QED) is 0.825. The number of hydrogen-bond acceptors (Lipinski definition) is 2. The van der Waals surface area contributed by atoms with Gasteiger partial charge in [0.15, 0.2) is 0 Å². The van der Waals surface area contributed by atoms with E-state index in [0.717, 1.165) is 18.6 Å². The molecule has 0 saturated heterocycles. The molecule has 0 amide bonds. The number of carbonyl (C=O) groups is 1. The maximum absolute atomic E-state index is 12.7. The number of aromatic carboxylic acids is 1. The number of carboxylic acid groups (broad SMARTS) is 1. The smallest absolute Gasteiger partial charge is 0.419 e. The summed E-state index contributed by atoms with van der Waals surface area (Å²) in [5.41, 5.74) is -1.47. The molecule has 6 heteroatoms. The Hall–Kier alpha value is -1.72. The lowest BCUT2D eigenvalue weighted by Crippen LogP contribution is -2.11. The van der Waals surface area contributed by atoms with E-state index in [0.29, 0.717) is 12.5 Å². The Labute approximate surface area is 102 Å². The van der Waals surface area contributed by atoms with E-state index in [9.17, 15) is 18.0 Å². The first kappa shape index (κ1) is 14.3. The Morgan fingerprint density at radius 2 is 2.06 bits per heavy atom. The van der Waals surface area contributed by atoms with Gasteiger partial charge < -0.3 is 9.84 Å². The number of unbranched alkanes of at least 4 members (excludes halogenated alkanes) is 1. The Morgan fingerprint density at radius 1 is 1.39 bits per heavy atom. The lowest BCUT2D eigenvalue weighted by atomic mass is 10.1. The van der Waals surface area contributed by atoms with Crippen LogP contribution in [0.2, 0.25) is 0 Å². The van der Waals surface area contributed by atoms with E-state index >= 15 is 0 Å². The molecule has 0 aliphatic carbocycles. The van der Waals surface area contributed by atoms with Crippen molar-refractivity contribution in [3.63, 3.8) is 0 Å². The summed E-state index contributed by atoms with van der Waals surface area (Å²) in [7, 11) is 0. The van der Waals surface area contributed by atoms with Gasteiger partial charge in [0, 0.05) is 0 Å². The van der Waals surface area contributed by atoms with E-state index in [1.54, 1.807) is 0 Å². The lowest BCUT2D eigenvalue weighted by Gasteiger charge is -2.14. The second-order valence-corrected chi connectivity index (χ2v) is 3.72. The van der Waals surface area contributed by atoms with Gasteiger partial charge in [0.2, 0.25) is 0 Å². The normalized spacial score (nSPS) is 11.3. The summed E-state index contributed by atoms with van der Waals surface area (Å²) in [6, 6.07) is 2.73. The molecule has 0 bridgehead atoms. The second-order valence-electron chi connectivity index (χ2n) is 3.72. The summed E-state index contributed by atoms with van der Waals surface area (Å²) in [4.78, 5) is 10.6. The summed E-state index contributed by atoms with van der Waals surface area (Å²) in [5.74, 6) is -1.73. The third-order valence-corrected chi connectivity index (χ3v) is 2.29. The SMILES string of the molecule is CCCCOc1ccc(C(=O)O)cc1C(F)(F)F. The molecule has 0 unspecified atom stereocenters. The molecular weight excluding hydrogens is 249 g/mol. The van der Waals surface area contributed by atoms with E-state index in [2.05, 4.69) is 0 Å². The highest BCUT2D eigenvalue weighted by molar-refractivity contribution is 5.88. The van der Waals surface area contributed by atoms with Crippen LogP contribution in [0.4, 0.5) is 13.2 Å². The molecule has 0 heterocycles. The molecule has 0 aromatic heterocycles. The monoisotopic (exact) mass is 262 g/mol. The van der Waals surface area contributed by atoms with Gasteiger partial charge in [0.05, 0.1) is 17.7 Å². The van der Waals surface area contributed by atoms with Crippen molar-refractivity contribution < 1.29 is 27.8 Å². The van der Waals surface area contributed by atoms with Crippen LogP contribution in [0.15, 0.2) is 18.2 Å². The highest BCUT2D eigenvalue weighted by atomic mass is 19.4. The molecule has 3 nitrogen and oxygen atoms in total. The second kappa shape index (κ2) is 5.75. The molecule has 1 aromatic carbocycles. The Bertz CT molecular complexity index is 427. The van der Waals surface area contributed by atoms with Crippen molar-refractivity contribution in [1.29, 1.82) is 0 Å². The molecule has 1 N–H and O–H groups in total. The lowest BCUT2D eigenvalue weighted by molar-refractivity contribution is -0.139. The molecule has 0 atom stereocenters. The summed E-state index contributed by atoms with van der Waals surface area (Å²) in [6.45, 7) is 2.06. The first-order valence-electron chi connectivity index (χ1n) is 5.43. The molecule has 0 radical (unpaired) electrons. The van der Waals surface area contributed by atoms with Crippen LogP contribution in [0.5, 0.6) is 5.75 Å². The summed E-state index contributed by atoms with van der Waals surface area (Å²) in [5, 5.41) is 8.67. The van der Waals surface area contributed by atoms with E-state index in [1.165, 1.54) is 0 Å². The number of alkyl halides is 3. The number of hydrogen-bond donors (Lipinski definition) is 1. The molecule has 0 saturated carbocycles. The minimum atomic E-state index is -4.63. The zero-order valence-electron chi connectivity index (χ0n) is 9.75. The molecule has 1 aromatic rings. The van der Waals surface area contributed by atoms with E-state index in [1.807, 2.05) is 6.92 Å². The molecule has 100 valence electrons. The van der Waals surface area contributed by atoms with Crippen molar-refractivity contribution in [3.05, 3.63) is 29.3 Å². The topological polar surface area (TPSA) is 46.5 Å². The van der Waals surface area contributed by atoms with Gasteiger partial charge in [0.1, 0.15) is 5.75 Å². The van der Waals surface area contributed by atoms with Gasteiger partial charge in [-0.1, -0.05) is 13.3 Å². The van der Waals surface area contributed by atoms with E-state index in [4.69, 9.17) is 9.84 Å². The van der Waals surface area contributed by atoms with Gasteiger partial charge in [-0.15, -0.1) is 0 Å². The fourth-order valence-corrected chi connectivity index (χ4v) is 1.34. The molecular formula is C12H13F3O3. The number of carboxylic acids is 1. The first-order chi connectivity index (χ1) is 8.36. The van der Waals surface area contributed by atoms with Crippen LogP contribution >= 0.6 is 0 Å². The van der Waals surface area contributed by atoms with Crippen molar-refractivity contribution in [2.24, 2.45) is 0 Å². The summed E-state index contributed by atoms with van der Waals surface area (Å²) in [6.07, 6.45) is -3.19. The van der Waals surface area contributed by atoms with Gasteiger partial charge in [-0.3, -0.25) is 0 Å². The van der Waals surface area contributed by atoms with Crippen molar-refractivity contribution in [3.8, 4) is 5.75 Å². The van der Waals surface area contributed by atoms with Gasteiger partial charge >= 0.3 is 12.1 Å². The Morgan fingerprint density at radius 3 is 2.56 bits per heavy atom. The predicted octanol–water partition coefficient (Wildman–Crippen LogP) is 3.58. The maximum atomic E-state index is 12.7. The van der Waals surface area contributed by atoms with Crippen LogP contribution < -0.4 is 4.74 Å². The van der Waals surface area contributed by atoms with Gasteiger partial charge in [-0.05, 0) is 24.6 Å². The van der Waals surface area contributed by atoms with Crippen LogP contribution in [-0.2, 0) is 6.18 Å². The minimum absolute atomic E-state index is 0.173. The van der Waals surface area contributed by atoms with Crippen molar-refractivity contribution >= 4 is 5.97 Å². The molecule has 18 heavy (non-hydrogen) atoms. The Balaban J connectivity index is 3.05. The van der Waals surface area contributed by atoms with Crippen molar-refractivity contribution in [2.75, 3.05) is 6.61 Å². The fraction of sp³-hybridized carbons (Fsp3) is 0.417. The predicted molar refractivity (Wildman–Crippen MR) is 58.8 cm³/mol. The Kier molecular flexibility index (Phi) is 4.58. The average molecular weight is 262 g/mol. The van der Waals surface area contributed by atoms with Gasteiger partial charge in [-0.2, -0.15) is 13.2 Å². The van der Waals surface area contributed by atoms with Crippen molar-refractivity contribution in [1.82, 2.24) is 0 Å². The summed E-state index contributed by atoms with van der Waals surface area (Å²) >= 11 is 0. The minimum Gasteiger partial charge on any atom is -0.493 e. The highest BCUT2D eigenvalue weighted by Crippen LogP contribution is 2.36. The van der Waals surface area contributed by atoms with Crippen LogP contribution in [0.1, 0.15) is 35.7 Å². The third kappa shape index (κ3) is 3.65. The third-order valence-electron chi connectivity index (χ3n) is 2.29. The zero-order chi connectivity index (χ0) is 13.8. The number of halogens is 3. The van der Waals surface area contributed by atoms with Crippen LogP contribution in [0.25, 0.3) is 0 Å². The highest BCUT2D eigenvalue weighted by Gasteiger charge is 2.35. The number of rotatable bonds is 5. The molecule has 0 aliphatic rings. The first-order valence-corrected chi connectivity index (χ1v) is 5.43. The van der Waals surface area contributed by atoms with Crippen LogP contribution in [-0.4, -0.2) is 17.7 Å². The maximum Gasteiger partial charge on any atom is 0.419 e. The number of ether oxygens (including phenoxy) is 1. The standard InChI is InChI=1S/C12H13F3O3/c1-2-3-6-18-10-5-4-8(11(16)17)7-9(10)12(13,14)15/h4-5,7H,2-3,6H2,1H3,(H,16,17). The van der Waals surface area contributed by atoms with Crippen LogP contribution in [0, 0.1) is 0 Å².